The van der Waals surface area contributed by atoms with E-state index in [-0.39, 0.29) is 12.6 Å². The van der Waals surface area contributed by atoms with Gasteiger partial charge < -0.3 is 15.3 Å². The number of aromatic nitrogens is 2. The molecule has 1 atom stereocenters. The third-order valence-corrected chi connectivity index (χ3v) is 5.38. The molecule has 0 spiro atoms. The first-order chi connectivity index (χ1) is 12.1. The molecule has 0 saturated heterocycles. The second kappa shape index (κ2) is 6.92. The van der Waals surface area contributed by atoms with Crippen LogP contribution in [0.2, 0.25) is 0 Å². The van der Waals surface area contributed by atoms with Crippen LogP contribution in [-0.2, 0) is 13.0 Å². The summed E-state index contributed by atoms with van der Waals surface area (Å²) in [6.07, 6.45) is 3.44. The first-order valence-electron chi connectivity index (χ1n) is 8.91. The Hall–Kier alpha value is -1.66. The fraction of sp³-hybridized carbons (Fsp3) is 0.474. The van der Waals surface area contributed by atoms with Crippen LogP contribution in [0.15, 0.2) is 28.7 Å². The number of fused-ring (bicyclic) bond motifs is 1. The van der Waals surface area contributed by atoms with Crippen LogP contribution < -0.4 is 10.2 Å². The molecule has 2 N–H and O–H groups in total. The van der Waals surface area contributed by atoms with Crippen molar-refractivity contribution in [1.29, 1.82) is 0 Å². The van der Waals surface area contributed by atoms with Crippen LogP contribution in [-0.4, -0.2) is 34.3 Å². The average molecular weight is 403 g/mol. The molecule has 0 radical (unpaired) electrons. The molecule has 2 heterocycles. The molecule has 0 amide bonds. The molecule has 1 aliphatic carbocycles. The van der Waals surface area contributed by atoms with Gasteiger partial charge >= 0.3 is 0 Å². The van der Waals surface area contributed by atoms with Crippen molar-refractivity contribution in [2.45, 2.75) is 44.7 Å². The van der Waals surface area contributed by atoms with Crippen LogP contribution in [0.1, 0.15) is 42.5 Å². The fourth-order valence-electron chi connectivity index (χ4n) is 3.25. The van der Waals surface area contributed by atoms with E-state index in [4.69, 9.17) is 4.98 Å². The normalized spacial score (nSPS) is 18.0. The summed E-state index contributed by atoms with van der Waals surface area (Å²) in [4.78, 5) is 11.7. The predicted octanol–water partition coefficient (Wildman–Crippen LogP) is 3.47. The summed E-state index contributed by atoms with van der Waals surface area (Å²) in [6, 6.07) is 8.62. The number of rotatable bonds is 5. The Labute approximate surface area is 156 Å². The lowest BCUT2D eigenvalue weighted by molar-refractivity contribution is 0.281. The number of nitrogens with one attached hydrogen (secondary N) is 1. The van der Waals surface area contributed by atoms with Gasteiger partial charge in [0.25, 0.3) is 0 Å². The lowest BCUT2D eigenvalue weighted by Crippen LogP contribution is -2.31. The highest BCUT2D eigenvalue weighted by Gasteiger charge is 2.28. The Bertz CT molecular complexity index is 778. The molecule has 0 unspecified atom stereocenters. The maximum absolute atomic E-state index is 9.30. The van der Waals surface area contributed by atoms with Gasteiger partial charge in [0.05, 0.1) is 12.3 Å². The summed E-state index contributed by atoms with van der Waals surface area (Å²) in [6.45, 7) is 3.83. The minimum atomic E-state index is -0.0539. The van der Waals surface area contributed by atoms with E-state index in [2.05, 4.69) is 55.4 Å². The Morgan fingerprint density at radius 2 is 2.12 bits per heavy atom. The summed E-state index contributed by atoms with van der Waals surface area (Å²) in [5, 5.41) is 12.5. The molecule has 0 bridgehead atoms. The Kier molecular flexibility index (Phi) is 4.65. The molecule has 2 aromatic rings. The topological polar surface area (TPSA) is 61.3 Å². The van der Waals surface area contributed by atoms with E-state index in [0.717, 1.165) is 35.5 Å². The van der Waals surface area contributed by atoms with Gasteiger partial charge in [-0.15, -0.1) is 0 Å². The first-order valence-corrected chi connectivity index (χ1v) is 9.70. The highest BCUT2D eigenvalue weighted by Crippen LogP contribution is 2.40. The number of benzene rings is 1. The van der Waals surface area contributed by atoms with Crippen LogP contribution in [0.4, 0.5) is 11.8 Å². The number of halogens is 1. The van der Waals surface area contributed by atoms with E-state index in [1.54, 1.807) is 0 Å². The second-order valence-corrected chi connectivity index (χ2v) is 7.98. The average Bonchev–Trinajstić information content (AvgIpc) is 3.46. The number of aliphatic hydroxyl groups is 1. The molecule has 6 heteroatoms. The van der Waals surface area contributed by atoms with E-state index >= 15 is 0 Å². The first kappa shape index (κ1) is 16.8. The van der Waals surface area contributed by atoms with Crippen molar-refractivity contribution in [1.82, 2.24) is 9.97 Å². The molecule has 132 valence electrons. The molecule has 1 aromatic carbocycles. The van der Waals surface area contributed by atoms with Crippen LogP contribution in [0, 0.1) is 0 Å². The molecular weight excluding hydrogens is 380 g/mol. The summed E-state index contributed by atoms with van der Waals surface area (Å²) in [5.41, 5.74) is 3.90. The fourth-order valence-corrected chi connectivity index (χ4v) is 3.66. The molecule has 1 fully saturated rings. The van der Waals surface area contributed by atoms with Crippen molar-refractivity contribution in [2.24, 2.45) is 0 Å². The molecule has 1 saturated carbocycles. The van der Waals surface area contributed by atoms with Gasteiger partial charge in [-0.2, -0.15) is 4.98 Å². The Morgan fingerprint density at radius 3 is 2.88 bits per heavy atom. The smallest absolute Gasteiger partial charge is 0.225 e. The van der Waals surface area contributed by atoms with Gasteiger partial charge in [0.1, 0.15) is 5.82 Å². The standard InChI is InChI=1S/C19H23BrN4O/c1-12(11-25)21-19-22-17(13-2-3-13)9-18(23-19)24-7-6-14-8-16(20)5-4-15(14)10-24/h4-5,8-9,12-13,25H,2-3,6-7,10-11H2,1H3,(H,21,22,23)/t12-/m1/s1. The second-order valence-electron chi connectivity index (χ2n) is 7.06. The lowest BCUT2D eigenvalue weighted by atomic mass is 10.00. The summed E-state index contributed by atoms with van der Waals surface area (Å²) < 4.78 is 1.14. The summed E-state index contributed by atoms with van der Waals surface area (Å²) in [7, 11) is 0. The van der Waals surface area contributed by atoms with Crippen molar-refractivity contribution in [3.63, 3.8) is 0 Å². The molecule has 1 aromatic heterocycles. The molecule has 25 heavy (non-hydrogen) atoms. The monoisotopic (exact) mass is 402 g/mol. The van der Waals surface area contributed by atoms with E-state index < -0.39 is 0 Å². The van der Waals surface area contributed by atoms with Crippen molar-refractivity contribution in [3.8, 4) is 0 Å². The maximum Gasteiger partial charge on any atom is 0.225 e. The van der Waals surface area contributed by atoms with Gasteiger partial charge in [0.2, 0.25) is 5.95 Å². The zero-order valence-corrected chi connectivity index (χ0v) is 16.0. The summed E-state index contributed by atoms with van der Waals surface area (Å²) in [5.74, 6) is 2.18. The highest BCUT2D eigenvalue weighted by molar-refractivity contribution is 9.10. The molecule has 2 aliphatic rings. The number of hydrogen-bond donors (Lipinski definition) is 2. The van der Waals surface area contributed by atoms with E-state index in [1.807, 2.05) is 6.92 Å². The zero-order valence-electron chi connectivity index (χ0n) is 14.4. The van der Waals surface area contributed by atoms with Crippen molar-refractivity contribution in [2.75, 3.05) is 23.4 Å². The van der Waals surface area contributed by atoms with Crippen LogP contribution >= 0.6 is 15.9 Å². The van der Waals surface area contributed by atoms with E-state index in [0.29, 0.717) is 11.9 Å². The quantitative estimate of drug-likeness (QED) is 0.801. The molecule has 4 rings (SSSR count). The number of aliphatic hydroxyl groups excluding tert-OH is 1. The van der Waals surface area contributed by atoms with Crippen molar-refractivity contribution in [3.05, 3.63) is 45.6 Å². The van der Waals surface area contributed by atoms with Gasteiger partial charge in [0, 0.05) is 35.6 Å². The van der Waals surface area contributed by atoms with Gasteiger partial charge in [-0.1, -0.05) is 22.0 Å². The Balaban J connectivity index is 1.61. The Morgan fingerprint density at radius 1 is 1.28 bits per heavy atom. The predicted molar refractivity (Wildman–Crippen MR) is 103 cm³/mol. The van der Waals surface area contributed by atoms with Crippen LogP contribution in [0.3, 0.4) is 0 Å². The van der Waals surface area contributed by atoms with Crippen molar-refractivity contribution >= 4 is 27.7 Å². The van der Waals surface area contributed by atoms with E-state index in [9.17, 15) is 5.11 Å². The lowest BCUT2D eigenvalue weighted by Gasteiger charge is -2.30. The van der Waals surface area contributed by atoms with E-state index in [1.165, 1.54) is 24.0 Å². The largest absolute Gasteiger partial charge is 0.394 e. The summed E-state index contributed by atoms with van der Waals surface area (Å²) >= 11 is 3.56. The highest BCUT2D eigenvalue weighted by atomic mass is 79.9. The third kappa shape index (κ3) is 3.80. The van der Waals surface area contributed by atoms with Gasteiger partial charge in [-0.05, 0) is 49.4 Å². The molecule has 5 nitrogen and oxygen atoms in total. The molecule has 1 aliphatic heterocycles. The SMILES string of the molecule is C[C@H](CO)Nc1nc(C2CC2)cc(N2CCc3cc(Br)ccc3C2)n1. The minimum absolute atomic E-state index is 0.0539. The van der Waals surface area contributed by atoms with Gasteiger partial charge in [0.15, 0.2) is 0 Å². The molecular formula is C19H23BrN4O. The zero-order chi connectivity index (χ0) is 17.4. The van der Waals surface area contributed by atoms with Gasteiger partial charge in [-0.25, -0.2) is 4.98 Å². The van der Waals surface area contributed by atoms with Crippen molar-refractivity contribution < 1.29 is 5.11 Å². The maximum atomic E-state index is 9.30. The van der Waals surface area contributed by atoms with Gasteiger partial charge in [-0.3, -0.25) is 0 Å². The number of anilines is 2. The minimum Gasteiger partial charge on any atom is -0.394 e. The van der Waals surface area contributed by atoms with Crippen LogP contribution in [0.25, 0.3) is 0 Å². The third-order valence-electron chi connectivity index (χ3n) is 4.88. The number of hydrogen-bond acceptors (Lipinski definition) is 5. The number of nitrogens with zero attached hydrogens (tertiary/aromatic N) is 3. The van der Waals surface area contributed by atoms with Crippen LogP contribution in [0.5, 0.6) is 0 Å².